The lowest BCUT2D eigenvalue weighted by Crippen LogP contribution is -2.44. The van der Waals surface area contributed by atoms with Gasteiger partial charge in [-0.2, -0.15) is 9.97 Å². The van der Waals surface area contributed by atoms with E-state index >= 15 is 0 Å². The van der Waals surface area contributed by atoms with E-state index in [1.807, 2.05) is 0 Å². The van der Waals surface area contributed by atoms with Crippen LogP contribution in [0.2, 0.25) is 5.15 Å². The van der Waals surface area contributed by atoms with Crippen molar-refractivity contribution in [2.75, 3.05) is 32.0 Å². The van der Waals surface area contributed by atoms with Crippen LogP contribution >= 0.6 is 11.6 Å². The Bertz CT molecular complexity index is 957. The second kappa shape index (κ2) is 10.2. The Balaban J connectivity index is 2.09. The molecule has 2 aromatic heterocycles. The number of fused-ring (bicyclic) bond motifs is 1. The first-order chi connectivity index (χ1) is 14.5. The minimum Gasteiger partial charge on any atom is -0.465 e. The van der Waals surface area contributed by atoms with E-state index in [2.05, 4.69) is 20.3 Å². The van der Waals surface area contributed by atoms with Crippen LogP contribution in [-0.4, -0.2) is 74.2 Å². The largest absolute Gasteiger partial charge is 0.465 e. The zero-order valence-electron chi connectivity index (χ0n) is 17.8. The Hall–Kier alpha value is -3.15. The Morgan fingerprint density at radius 3 is 2.65 bits per heavy atom. The molecule has 0 unspecified atom stereocenters. The molecule has 0 aliphatic rings. The molecule has 0 saturated carbocycles. The van der Waals surface area contributed by atoms with Gasteiger partial charge in [0, 0.05) is 13.1 Å². The zero-order valence-corrected chi connectivity index (χ0v) is 18.6. The molecule has 12 nitrogen and oxygen atoms in total. The molecule has 2 aromatic rings. The molecule has 0 aromatic carbocycles. The van der Waals surface area contributed by atoms with Gasteiger partial charge in [0.1, 0.15) is 24.2 Å². The lowest BCUT2D eigenvalue weighted by Gasteiger charge is -2.23. The number of esters is 1. The molecule has 0 fully saturated rings. The molecule has 0 aliphatic carbocycles. The molecular formula is C18H26ClN7O5. The Labute approximate surface area is 184 Å². The first kappa shape index (κ1) is 24.1. The van der Waals surface area contributed by atoms with Gasteiger partial charge in [0.25, 0.3) is 0 Å². The highest BCUT2D eigenvalue weighted by atomic mass is 35.5. The van der Waals surface area contributed by atoms with Gasteiger partial charge >= 0.3 is 12.1 Å². The highest BCUT2D eigenvalue weighted by Crippen LogP contribution is 2.19. The summed E-state index contributed by atoms with van der Waals surface area (Å²) in [6.45, 7) is 6.72. The van der Waals surface area contributed by atoms with Crippen LogP contribution in [0, 0.1) is 0 Å². The fraction of sp³-hybridized carbons (Fsp3) is 0.556. The molecule has 2 heterocycles. The van der Waals surface area contributed by atoms with Gasteiger partial charge in [0.2, 0.25) is 11.9 Å². The average molecular weight is 456 g/mol. The molecule has 0 radical (unpaired) electrons. The van der Waals surface area contributed by atoms with Crippen LogP contribution < -0.4 is 11.1 Å². The van der Waals surface area contributed by atoms with Crippen LogP contribution in [0.25, 0.3) is 11.2 Å². The van der Waals surface area contributed by atoms with Crippen molar-refractivity contribution in [2.24, 2.45) is 0 Å². The number of nitrogens with one attached hydrogen (secondary N) is 1. The van der Waals surface area contributed by atoms with Crippen LogP contribution in [0.5, 0.6) is 0 Å². The summed E-state index contributed by atoms with van der Waals surface area (Å²) >= 11 is 6.01. The van der Waals surface area contributed by atoms with Gasteiger partial charge in [-0.3, -0.25) is 9.59 Å². The number of carbonyl (C=O) groups excluding carboxylic acids is 3. The van der Waals surface area contributed by atoms with Crippen molar-refractivity contribution in [1.82, 2.24) is 29.7 Å². The number of alkyl carbamates (subject to hydrolysis) is 1. The summed E-state index contributed by atoms with van der Waals surface area (Å²) in [7, 11) is 0. The fourth-order valence-corrected chi connectivity index (χ4v) is 2.77. The number of hydrogen-bond donors (Lipinski definition) is 2. The number of carbonyl (C=O) groups is 3. The summed E-state index contributed by atoms with van der Waals surface area (Å²) < 4.78 is 11.5. The van der Waals surface area contributed by atoms with Gasteiger partial charge < -0.3 is 30.0 Å². The number of imidazole rings is 1. The first-order valence-corrected chi connectivity index (χ1v) is 9.92. The molecule has 3 N–H and O–H groups in total. The normalized spacial score (nSPS) is 11.3. The van der Waals surface area contributed by atoms with Gasteiger partial charge in [-0.05, 0) is 27.7 Å². The monoisotopic (exact) mass is 455 g/mol. The molecule has 170 valence electrons. The Morgan fingerprint density at radius 1 is 1.29 bits per heavy atom. The second-order valence-corrected chi connectivity index (χ2v) is 7.82. The summed E-state index contributed by atoms with van der Waals surface area (Å²) in [6.07, 6.45) is 0.753. The Morgan fingerprint density at radius 2 is 2.00 bits per heavy atom. The summed E-state index contributed by atoms with van der Waals surface area (Å²) in [4.78, 5) is 49.9. The van der Waals surface area contributed by atoms with E-state index in [4.69, 9.17) is 26.8 Å². The van der Waals surface area contributed by atoms with Gasteiger partial charge in [-0.1, -0.05) is 11.6 Å². The predicted molar refractivity (Wildman–Crippen MR) is 112 cm³/mol. The molecule has 0 saturated heterocycles. The lowest BCUT2D eigenvalue weighted by molar-refractivity contribution is -0.149. The maximum Gasteiger partial charge on any atom is 0.407 e. The first-order valence-electron chi connectivity index (χ1n) is 9.54. The molecule has 31 heavy (non-hydrogen) atoms. The Kier molecular flexibility index (Phi) is 7.97. The molecule has 0 bridgehead atoms. The number of anilines is 1. The number of nitrogens with zero attached hydrogens (tertiary/aromatic N) is 5. The third-order valence-electron chi connectivity index (χ3n) is 3.77. The summed E-state index contributed by atoms with van der Waals surface area (Å²) in [5, 5.41) is 2.62. The van der Waals surface area contributed by atoms with Crippen molar-refractivity contribution in [2.45, 2.75) is 39.8 Å². The minimum atomic E-state index is -0.655. The number of nitrogens with two attached hydrogens (primary N) is 1. The van der Waals surface area contributed by atoms with E-state index in [0.29, 0.717) is 5.52 Å². The highest BCUT2D eigenvalue weighted by Gasteiger charge is 2.21. The molecule has 13 heteroatoms. The maximum absolute atomic E-state index is 12.9. The second-order valence-electron chi connectivity index (χ2n) is 7.47. The molecule has 0 atom stereocenters. The number of nitrogen functional groups attached to an aromatic ring is 1. The number of amides is 2. The van der Waals surface area contributed by atoms with Gasteiger partial charge in [-0.15, -0.1) is 0 Å². The van der Waals surface area contributed by atoms with E-state index in [9.17, 15) is 14.4 Å². The van der Waals surface area contributed by atoms with Crippen molar-refractivity contribution in [1.29, 1.82) is 0 Å². The van der Waals surface area contributed by atoms with Crippen LogP contribution in [0.4, 0.5) is 10.7 Å². The molecule has 2 rings (SSSR count). The van der Waals surface area contributed by atoms with Gasteiger partial charge in [-0.25, -0.2) is 9.78 Å². The number of aromatic nitrogens is 4. The third-order valence-corrected chi connectivity index (χ3v) is 4.04. The van der Waals surface area contributed by atoms with Crippen LogP contribution in [0.1, 0.15) is 27.7 Å². The van der Waals surface area contributed by atoms with Crippen LogP contribution in [0.15, 0.2) is 6.33 Å². The number of halogens is 1. The van der Waals surface area contributed by atoms with Gasteiger partial charge in [0.15, 0.2) is 10.8 Å². The van der Waals surface area contributed by atoms with E-state index in [1.165, 1.54) is 15.8 Å². The SMILES string of the molecule is CCOC(=O)CN(CCNC(=O)OC(C)(C)C)C(=O)Cn1cnc2c(Cl)nc(N)nc21. The van der Waals surface area contributed by atoms with Crippen molar-refractivity contribution < 1.29 is 23.9 Å². The number of hydrogen-bond acceptors (Lipinski definition) is 9. The van der Waals surface area contributed by atoms with E-state index in [0.717, 1.165) is 0 Å². The molecule has 0 spiro atoms. The van der Waals surface area contributed by atoms with E-state index < -0.39 is 23.6 Å². The van der Waals surface area contributed by atoms with Crippen molar-refractivity contribution >= 4 is 46.7 Å². The lowest BCUT2D eigenvalue weighted by atomic mass is 10.2. The standard InChI is InChI=1S/C18H26ClN7O5/c1-5-30-12(28)9-25(7-6-21-17(29)31-18(2,3)4)11(27)8-26-10-22-13-14(19)23-16(20)24-15(13)26/h10H,5-9H2,1-4H3,(H,21,29)(H2,20,23,24). The molecule has 2 amide bonds. The predicted octanol–water partition coefficient (Wildman–Crippen LogP) is 0.978. The zero-order chi connectivity index (χ0) is 23.2. The van der Waals surface area contributed by atoms with Crippen molar-refractivity contribution in [3.63, 3.8) is 0 Å². The van der Waals surface area contributed by atoms with E-state index in [1.54, 1.807) is 27.7 Å². The number of rotatable bonds is 8. The van der Waals surface area contributed by atoms with Crippen LogP contribution in [0.3, 0.4) is 0 Å². The third kappa shape index (κ3) is 7.24. The summed E-state index contributed by atoms with van der Waals surface area (Å²) in [5.74, 6) is -1.05. The van der Waals surface area contributed by atoms with Gasteiger partial charge in [0.05, 0.1) is 12.9 Å². The molecule has 0 aliphatic heterocycles. The summed E-state index contributed by atoms with van der Waals surface area (Å²) in [6, 6.07) is 0. The van der Waals surface area contributed by atoms with Crippen molar-refractivity contribution in [3.8, 4) is 0 Å². The maximum atomic E-state index is 12.9. The van der Waals surface area contributed by atoms with Crippen molar-refractivity contribution in [3.05, 3.63) is 11.5 Å². The van der Waals surface area contributed by atoms with Crippen LogP contribution in [-0.2, 0) is 25.6 Å². The van der Waals surface area contributed by atoms with E-state index in [-0.39, 0.29) is 49.5 Å². The average Bonchev–Trinajstić information content (AvgIpc) is 3.02. The minimum absolute atomic E-state index is 0.0569. The molecular weight excluding hydrogens is 430 g/mol. The quantitative estimate of drug-likeness (QED) is 0.437. The topological polar surface area (TPSA) is 155 Å². The summed E-state index contributed by atoms with van der Waals surface area (Å²) in [5.41, 5.74) is 5.55. The smallest absolute Gasteiger partial charge is 0.407 e. The highest BCUT2D eigenvalue weighted by molar-refractivity contribution is 6.33. The number of ether oxygens (including phenoxy) is 2. The fourth-order valence-electron chi connectivity index (χ4n) is 2.55.